The maximum Gasteiger partial charge on any atom is 0.315 e. The number of methoxy groups -OCH3 is 1. The first-order valence-electron chi connectivity index (χ1n) is 8.62. The first kappa shape index (κ1) is 17.1. The molecule has 1 unspecified atom stereocenters. The summed E-state index contributed by atoms with van der Waals surface area (Å²) in [6.07, 6.45) is 2.61. The molecule has 0 aromatic heterocycles. The van der Waals surface area contributed by atoms with Crippen molar-refractivity contribution < 1.29 is 14.3 Å². The van der Waals surface area contributed by atoms with Gasteiger partial charge in [-0.05, 0) is 48.6 Å². The van der Waals surface area contributed by atoms with Gasteiger partial charge in [0, 0.05) is 6.54 Å². The average Bonchev–Trinajstić information content (AvgIpc) is 2.65. The molecule has 1 heterocycles. The summed E-state index contributed by atoms with van der Waals surface area (Å²) < 4.78 is 11.0. The summed E-state index contributed by atoms with van der Waals surface area (Å²) in [6, 6.07) is 15.9. The van der Waals surface area contributed by atoms with Crippen LogP contribution in [0.15, 0.2) is 48.5 Å². The molecule has 3 rings (SSSR count). The lowest BCUT2D eigenvalue weighted by molar-refractivity contribution is 0.214. The molecule has 5 heteroatoms. The minimum absolute atomic E-state index is 0.0336. The minimum atomic E-state index is -0.145. The van der Waals surface area contributed by atoms with Gasteiger partial charge < -0.3 is 20.1 Å². The molecule has 0 fully saturated rings. The van der Waals surface area contributed by atoms with E-state index in [1.54, 1.807) is 7.11 Å². The molecule has 25 heavy (non-hydrogen) atoms. The van der Waals surface area contributed by atoms with E-state index in [1.165, 1.54) is 5.56 Å². The van der Waals surface area contributed by atoms with Crippen LogP contribution in [0.2, 0.25) is 0 Å². The number of hydrogen-bond donors (Lipinski definition) is 2. The second kappa shape index (κ2) is 8.42. The summed E-state index contributed by atoms with van der Waals surface area (Å²) in [4.78, 5) is 12.1. The van der Waals surface area contributed by atoms with Crippen molar-refractivity contribution in [1.82, 2.24) is 10.6 Å². The van der Waals surface area contributed by atoms with Gasteiger partial charge in [0.2, 0.25) is 0 Å². The van der Waals surface area contributed by atoms with Crippen LogP contribution in [-0.4, -0.2) is 32.3 Å². The number of urea groups is 1. The molecule has 0 radical (unpaired) electrons. The number of carbonyl (C=O) groups excluding carboxylic acids is 1. The summed E-state index contributed by atoms with van der Waals surface area (Å²) in [5, 5.41) is 5.90. The van der Waals surface area contributed by atoms with E-state index >= 15 is 0 Å². The number of hydrogen-bond acceptors (Lipinski definition) is 3. The molecular formula is C20H24N2O3. The van der Waals surface area contributed by atoms with Crippen LogP contribution in [0.1, 0.15) is 17.5 Å². The zero-order valence-corrected chi connectivity index (χ0v) is 14.5. The second-order valence-corrected chi connectivity index (χ2v) is 6.18. The fourth-order valence-corrected chi connectivity index (χ4v) is 2.97. The van der Waals surface area contributed by atoms with E-state index in [0.717, 1.165) is 36.3 Å². The van der Waals surface area contributed by atoms with E-state index < -0.39 is 0 Å². The van der Waals surface area contributed by atoms with Gasteiger partial charge in [-0.2, -0.15) is 0 Å². The third-order valence-electron chi connectivity index (χ3n) is 4.28. The molecule has 1 aliphatic heterocycles. The van der Waals surface area contributed by atoms with E-state index in [0.29, 0.717) is 13.2 Å². The SMILES string of the molecule is COc1ccc2c(c1)CC(NC(=O)NCCCc1ccccc1)CO2. The standard InChI is InChI=1S/C20H24N2O3/c1-24-18-9-10-19-16(13-18)12-17(14-25-19)22-20(23)21-11-5-8-15-6-3-2-4-7-15/h2-4,6-7,9-10,13,17H,5,8,11-12,14H2,1H3,(H2,21,22,23). The molecule has 0 bridgehead atoms. The molecule has 1 aliphatic rings. The number of rotatable bonds is 6. The van der Waals surface area contributed by atoms with Crippen LogP contribution in [0.3, 0.4) is 0 Å². The zero-order chi connectivity index (χ0) is 17.5. The Labute approximate surface area is 148 Å². The van der Waals surface area contributed by atoms with Gasteiger partial charge in [0.25, 0.3) is 0 Å². The number of ether oxygens (including phenoxy) is 2. The third-order valence-corrected chi connectivity index (χ3v) is 4.28. The van der Waals surface area contributed by atoms with E-state index in [2.05, 4.69) is 22.8 Å². The van der Waals surface area contributed by atoms with Crippen LogP contribution < -0.4 is 20.1 Å². The number of benzene rings is 2. The third kappa shape index (κ3) is 4.89. The fourth-order valence-electron chi connectivity index (χ4n) is 2.97. The van der Waals surface area contributed by atoms with E-state index in [4.69, 9.17) is 9.47 Å². The van der Waals surface area contributed by atoms with Gasteiger partial charge in [0.15, 0.2) is 0 Å². The highest BCUT2D eigenvalue weighted by Gasteiger charge is 2.21. The highest BCUT2D eigenvalue weighted by atomic mass is 16.5. The van der Waals surface area contributed by atoms with Crippen LogP contribution >= 0.6 is 0 Å². The summed E-state index contributed by atoms with van der Waals surface area (Å²) in [5.41, 5.74) is 2.34. The molecule has 2 aromatic carbocycles. The van der Waals surface area contributed by atoms with E-state index in [9.17, 15) is 4.79 Å². The van der Waals surface area contributed by atoms with Gasteiger partial charge in [-0.25, -0.2) is 4.79 Å². The van der Waals surface area contributed by atoms with Gasteiger partial charge in [0.05, 0.1) is 13.2 Å². The Morgan fingerprint density at radius 2 is 2.08 bits per heavy atom. The van der Waals surface area contributed by atoms with Crippen molar-refractivity contribution in [1.29, 1.82) is 0 Å². The molecule has 2 N–H and O–H groups in total. The van der Waals surface area contributed by atoms with Gasteiger partial charge in [0.1, 0.15) is 18.1 Å². The Kier molecular flexibility index (Phi) is 5.77. The normalized spacial score (nSPS) is 15.6. The quantitative estimate of drug-likeness (QED) is 0.795. The lowest BCUT2D eigenvalue weighted by Gasteiger charge is -2.26. The maximum atomic E-state index is 12.1. The van der Waals surface area contributed by atoms with Crippen molar-refractivity contribution in [2.45, 2.75) is 25.3 Å². The molecule has 1 atom stereocenters. The molecule has 5 nitrogen and oxygen atoms in total. The van der Waals surface area contributed by atoms with Crippen LogP contribution in [-0.2, 0) is 12.8 Å². The van der Waals surface area contributed by atoms with Crippen LogP contribution in [0.4, 0.5) is 4.79 Å². The topological polar surface area (TPSA) is 59.6 Å². The largest absolute Gasteiger partial charge is 0.497 e. The van der Waals surface area contributed by atoms with Crippen molar-refractivity contribution in [3.63, 3.8) is 0 Å². The van der Waals surface area contributed by atoms with Crippen molar-refractivity contribution in [2.75, 3.05) is 20.3 Å². The Hall–Kier alpha value is -2.69. The van der Waals surface area contributed by atoms with Crippen molar-refractivity contribution in [2.24, 2.45) is 0 Å². The Morgan fingerprint density at radius 1 is 1.24 bits per heavy atom. The molecule has 0 spiro atoms. The lowest BCUT2D eigenvalue weighted by Crippen LogP contribution is -2.47. The first-order chi connectivity index (χ1) is 12.2. The molecule has 0 aliphatic carbocycles. The zero-order valence-electron chi connectivity index (χ0n) is 14.5. The molecule has 2 amide bonds. The van der Waals surface area contributed by atoms with Crippen molar-refractivity contribution in [3.8, 4) is 11.5 Å². The van der Waals surface area contributed by atoms with Gasteiger partial charge in [-0.3, -0.25) is 0 Å². The summed E-state index contributed by atoms with van der Waals surface area (Å²) >= 11 is 0. The van der Waals surface area contributed by atoms with E-state index in [1.807, 2.05) is 36.4 Å². The smallest absolute Gasteiger partial charge is 0.315 e. The number of nitrogens with one attached hydrogen (secondary N) is 2. The highest BCUT2D eigenvalue weighted by molar-refractivity contribution is 5.74. The molecule has 0 saturated heterocycles. The lowest BCUT2D eigenvalue weighted by atomic mass is 10.0. The summed E-state index contributed by atoms with van der Waals surface area (Å²) in [5.74, 6) is 1.66. The molecule has 2 aromatic rings. The van der Waals surface area contributed by atoms with Gasteiger partial charge in [-0.1, -0.05) is 30.3 Å². The van der Waals surface area contributed by atoms with Crippen LogP contribution in [0, 0.1) is 0 Å². The average molecular weight is 340 g/mol. The van der Waals surface area contributed by atoms with Gasteiger partial charge in [-0.15, -0.1) is 0 Å². The summed E-state index contributed by atoms with van der Waals surface area (Å²) in [6.45, 7) is 1.13. The van der Waals surface area contributed by atoms with Crippen molar-refractivity contribution >= 4 is 6.03 Å². The summed E-state index contributed by atoms with van der Waals surface area (Å²) in [7, 11) is 1.64. The number of aryl methyl sites for hydroxylation is 1. The minimum Gasteiger partial charge on any atom is -0.497 e. The first-order valence-corrected chi connectivity index (χ1v) is 8.62. The fraction of sp³-hybridized carbons (Fsp3) is 0.350. The van der Waals surface area contributed by atoms with Gasteiger partial charge >= 0.3 is 6.03 Å². The number of carbonyl (C=O) groups is 1. The predicted molar refractivity (Wildman–Crippen MR) is 97.3 cm³/mol. The maximum absolute atomic E-state index is 12.1. The van der Waals surface area contributed by atoms with Crippen LogP contribution in [0.5, 0.6) is 11.5 Å². The van der Waals surface area contributed by atoms with Crippen molar-refractivity contribution in [3.05, 3.63) is 59.7 Å². The molecule has 0 saturated carbocycles. The number of fused-ring (bicyclic) bond motifs is 1. The predicted octanol–water partition coefficient (Wildman–Crippen LogP) is 2.93. The second-order valence-electron chi connectivity index (χ2n) is 6.18. The van der Waals surface area contributed by atoms with E-state index in [-0.39, 0.29) is 12.1 Å². The molecule has 132 valence electrons. The number of amides is 2. The monoisotopic (exact) mass is 340 g/mol. The van der Waals surface area contributed by atoms with Crippen LogP contribution in [0.25, 0.3) is 0 Å². The Morgan fingerprint density at radius 3 is 2.88 bits per heavy atom. The molecular weight excluding hydrogens is 316 g/mol. The Bertz CT molecular complexity index is 703. The Balaban J connectivity index is 1.41. The highest BCUT2D eigenvalue weighted by Crippen LogP contribution is 2.28.